The van der Waals surface area contributed by atoms with E-state index in [-0.39, 0.29) is 12.0 Å². The highest BCUT2D eigenvalue weighted by Gasteiger charge is 2.29. The first-order valence-corrected chi connectivity index (χ1v) is 9.86. The lowest BCUT2D eigenvalue weighted by Gasteiger charge is -2.32. The van der Waals surface area contributed by atoms with Gasteiger partial charge in [0.25, 0.3) is 5.91 Å². The van der Waals surface area contributed by atoms with Crippen molar-refractivity contribution in [1.82, 2.24) is 9.88 Å². The summed E-state index contributed by atoms with van der Waals surface area (Å²) < 4.78 is 11.1. The van der Waals surface area contributed by atoms with E-state index >= 15 is 0 Å². The van der Waals surface area contributed by atoms with Crippen LogP contribution in [0.3, 0.4) is 0 Å². The molecule has 1 saturated heterocycles. The molecule has 1 aliphatic heterocycles. The third kappa shape index (κ3) is 4.33. The summed E-state index contributed by atoms with van der Waals surface area (Å²) in [6, 6.07) is 7.30. The quantitative estimate of drug-likeness (QED) is 0.760. The fourth-order valence-corrected chi connectivity index (χ4v) is 3.64. The van der Waals surface area contributed by atoms with Crippen molar-refractivity contribution in [3.05, 3.63) is 51.8 Å². The number of nitrogens with one attached hydrogen (secondary N) is 1. The predicted octanol–water partition coefficient (Wildman–Crippen LogP) is 4.15. The number of H-pyrrole nitrogens is 1. The first-order valence-electron chi connectivity index (χ1n) is 9.48. The maximum absolute atomic E-state index is 13.0. The lowest BCUT2D eigenvalue weighted by atomic mass is 10.1. The molecule has 0 saturated carbocycles. The van der Waals surface area contributed by atoms with E-state index in [4.69, 9.17) is 21.1 Å². The second-order valence-electron chi connectivity index (χ2n) is 6.91. The number of esters is 1. The van der Waals surface area contributed by atoms with Gasteiger partial charge in [-0.2, -0.15) is 0 Å². The van der Waals surface area contributed by atoms with Gasteiger partial charge in [0.15, 0.2) is 0 Å². The van der Waals surface area contributed by atoms with Gasteiger partial charge in [-0.1, -0.05) is 11.6 Å². The van der Waals surface area contributed by atoms with Gasteiger partial charge in [0.05, 0.1) is 12.2 Å². The van der Waals surface area contributed by atoms with Crippen LogP contribution in [0.4, 0.5) is 0 Å². The molecule has 1 fully saturated rings. The number of carbonyl (C=O) groups excluding carboxylic acids is 2. The van der Waals surface area contributed by atoms with E-state index in [2.05, 4.69) is 4.98 Å². The predicted molar refractivity (Wildman–Crippen MR) is 107 cm³/mol. The minimum absolute atomic E-state index is 0.0618. The van der Waals surface area contributed by atoms with Crippen LogP contribution in [-0.4, -0.2) is 47.6 Å². The third-order valence-electron chi connectivity index (χ3n) is 4.98. The van der Waals surface area contributed by atoms with Crippen molar-refractivity contribution in [2.45, 2.75) is 39.7 Å². The molecule has 0 unspecified atom stereocenters. The highest BCUT2D eigenvalue weighted by molar-refractivity contribution is 6.30. The average molecular weight is 405 g/mol. The Hall–Kier alpha value is -2.47. The molecule has 1 N–H and O–H groups in total. The van der Waals surface area contributed by atoms with Gasteiger partial charge in [-0.15, -0.1) is 0 Å². The third-order valence-corrected chi connectivity index (χ3v) is 5.23. The molecule has 1 amide bonds. The number of ether oxygens (including phenoxy) is 2. The SMILES string of the molecule is CCOC(=O)c1c(C)[nH]c(C(=O)N2CCC(Oc3ccc(Cl)cc3)CC2)c1C. The molecule has 1 aliphatic rings. The van der Waals surface area contributed by atoms with E-state index < -0.39 is 5.97 Å². The maximum Gasteiger partial charge on any atom is 0.340 e. The number of likely N-dealkylation sites (tertiary alicyclic amines) is 1. The van der Waals surface area contributed by atoms with Crippen LogP contribution < -0.4 is 4.74 Å². The summed E-state index contributed by atoms with van der Waals surface area (Å²) in [7, 11) is 0. The molecule has 7 heteroatoms. The molecule has 0 radical (unpaired) electrons. The number of hydrogen-bond donors (Lipinski definition) is 1. The van der Waals surface area contributed by atoms with Crippen molar-refractivity contribution in [1.29, 1.82) is 0 Å². The molecular formula is C21H25ClN2O4. The van der Waals surface area contributed by atoms with Crippen LogP contribution in [0.1, 0.15) is 51.9 Å². The Balaban J connectivity index is 1.63. The molecule has 0 spiro atoms. The number of aromatic amines is 1. The summed E-state index contributed by atoms with van der Waals surface area (Å²) in [5, 5.41) is 0.673. The molecule has 0 bridgehead atoms. The average Bonchev–Trinajstić information content (AvgIpc) is 2.98. The molecule has 1 aromatic heterocycles. The summed E-state index contributed by atoms with van der Waals surface area (Å²) in [6.45, 7) is 6.82. The topological polar surface area (TPSA) is 71.6 Å². The number of piperidine rings is 1. The van der Waals surface area contributed by atoms with E-state index in [9.17, 15) is 9.59 Å². The molecule has 1 aromatic carbocycles. The van der Waals surface area contributed by atoms with E-state index in [0.717, 1.165) is 18.6 Å². The molecular weight excluding hydrogens is 380 g/mol. The van der Waals surface area contributed by atoms with Crippen LogP contribution >= 0.6 is 11.6 Å². The number of rotatable bonds is 5. The van der Waals surface area contributed by atoms with E-state index in [1.54, 1.807) is 37.8 Å². The molecule has 0 atom stereocenters. The molecule has 2 aromatic rings. The summed E-state index contributed by atoms with van der Waals surface area (Å²) >= 11 is 5.90. The second kappa shape index (κ2) is 8.69. The van der Waals surface area contributed by atoms with Gasteiger partial charge in [0, 0.05) is 36.6 Å². The fraction of sp³-hybridized carbons (Fsp3) is 0.429. The van der Waals surface area contributed by atoms with Crippen LogP contribution in [0.15, 0.2) is 24.3 Å². The number of benzene rings is 1. The van der Waals surface area contributed by atoms with E-state index in [1.807, 2.05) is 12.1 Å². The van der Waals surface area contributed by atoms with Gasteiger partial charge in [-0.05, 0) is 50.6 Å². The number of nitrogens with zero attached hydrogens (tertiary/aromatic N) is 1. The first kappa shape index (κ1) is 20.3. The fourth-order valence-electron chi connectivity index (χ4n) is 3.51. The number of hydrogen-bond acceptors (Lipinski definition) is 4. The second-order valence-corrected chi connectivity index (χ2v) is 7.35. The van der Waals surface area contributed by atoms with Crippen LogP contribution in [0.2, 0.25) is 5.02 Å². The molecule has 3 rings (SSSR count). The zero-order chi connectivity index (χ0) is 20.3. The summed E-state index contributed by atoms with van der Waals surface area (Å²) in [5.41, 5.74) is 2.20. The van der Waals surface area contributed by atoms with Crippen molar-refractivity contribution in [2.75, 3.05) is 19.7 Å². The number of amides is 1. The Labute approximate surface area is 169 Å². The van der Waals surface area contributed by atoms with Crippen molar-refractivity contribution in [3.8, 4) is 5.75 Å². The minimum Gasteiger partial charge on any atom is -0.490 e. The Morgan fingerprint density at radius 2 is 1.82 bits per heavy atom. The van der Waals surface area contributed by atoms with E-state index in [1.165, 1.54) is 0 Å². The Morgan fingerprint density at radius 3 is 2.43 bits per heavy atom. The molecule has 0 aliphatic carbocycles. The van der Waals surface area contributed by atoms with Gasteiger partial charge < -0.3 is 19.4 Å². The molecule has 28 heavy (non-hydrogen) atoms. The summed E-state index contributed by atoms with van der Waals surface area (Å²) in [6.07, 6.45) is 1.56. The van der Waals surface area contributed by atoms with Gasteiger partial charge in [-0.25, -0.2) is 4.79 Å². The standard InChI is InChI=1S/C21H25ClN2O4/c1-4-27-21(26)18-13(2)19(23-14(18)3)20(25)24-11-9-17(10-12-24)28-16-7-5-15(22)6-8-16/h5-8,17,23H,4,9-12H2,1-3H3. The molecule has 150 valence electrons. The summed E-state index contributed by atoms with van der Waals surface area (Å²) in [4.78, 5) is 30.0. The lowest BCUT2D eigenvalue weighted by molar-refractivity contribution is 0.0525. The van der Waals surface area contributed by atoms with Crippen molar-refractivity contribution < 1.29 is 19.1 Å². The number of halogens is 1. The zero-order valence-corrected chi connectivity index (χ0v) is 17.1. The number of aryl methyl sites for hydroxylation is 1. The number of aromatic nitrogens is 1. The van der Waals surface area contributed by atoms with E-state index in [0.29, 0.717) is 47.2 Å². The molecule has 6 nitrogen and oxygen atoms in total. The van der Waals surface area contributed by atoms with Gasteiger partial charge in [0.2, 0.25) is 0 Å². The normalized spacial score (nSPS) is 14.8. The van der Waals surface area contributed by atoms with Crippen LogP contribution in [0, 0.1) is 13.8 Å². The van der Waals surface area contributed by atoms with Crippen LogP contribution in [-0.2, 0) is 4.74 Å². The minimum atomic E-state index is -0.400. The van der Waals surface area contributed by atoms with Gasteiger partial charge in [-0.3, -0.25) is 4.79 Å². The number of carbonyl (C=O) groups is 2. The summed E-state index contributed by atoms with van der Waals surface area (Å²) in [5.74, 6) is 0.285. The van der Waals surface area contributed by atoms with Gasteiger partial charge in [0.1, 0.15) is 17.5 Å². The monoisotopic (exact) mass is 404 g/mol. The maximum atomic E-state index is 13.0. The largest absolute Gasteiger partial charge is 0.490 e. The van der Waals surface area contributed by atoms with Crippen LogP contribution in [0.25, 0.3) is 0 Å². The van der Waals surface area contributed by atoms with Crippen LogP contribution in [0.5, 0.6) is 5.75 Å². The highest BCUT2D eigenvalue weighted by atomic mass is 35.5. The Kier molecular flexibility index (Phi) is 6.29. The zero-order valence-electron chi connectivity index (χ0n) is 16.4. The van der Waals surface area contributed by atoms with Crippen molar-refractivity contribution in [3.63, 3.8) is 0 Å². The Bertz CT molecular complexity index is 852. The smallest absolute Gasteiger partial charge is 0.340 e. The van der Waals surface area contributed by atoms with Crippen molar-refractivity contribution in [2.24, 2.45) is 0 Å². The van der Waals surface area contributed by atoms with Gasteiger partial charge >= 0.3 is 5.97 Å². The molecule has 2 heterocycles. The highest BCUT2D eigenvalue weighted by Crippen LogP contribution is 2.24. The van der Waals surface area contributed by atoms with Crippen molar-refractivity contribution >= 4 is 23.5 Å². The Morgan fingerprint density at radius 1 is 1.18 bits per heavy atom. The first-order chi connectivity index (χ1) is 13.4. The lowest BCUT2D eigenvalue weighted by Crippen LogP contribution is -2.42.